The molecule has 5 heteroatoms. The van der Waals surface area contributed by atoms with Gasteiger partial charge in [-0.1, -0.05) is 37.3 Å². The quantitative estimate of drug-likeness (QED) is 0.864. The number of nitrogens with zero attached hydrogens (tertiary/aromatic N) is 2. The maximum Gasteiger partial charge on any atom is 0.243 e. The first-order valence-electron chi connectivity index (χ1n) is 8.25. The molecule has 0 aliphatic carbocycles. The molecule has 2 aromatic carbocycles. The van der Waals surface area contributed by atoms with Gasteiger partial charge in [-0.3, -0.25) is 4.90 Å². The van der Waals surface area contributed by atoms with Crippen LogP contribution in [0.1, 0.15) is 20.3 Å². The Hall–Kier alpha value is -1.43. The molecule has 3 rings (SSSR count). The first-order valence-corrected chi connectivity index (χ1v) is 9.69. The third-order valence-corrected chi connectivity index (χ3v) is 6.74. The second-order valence-corrected chi connectivity index (χ2v) is 8.14. The van der Waals surface area contributed by atoms with Gasteiger partial charge in [-0.25, -0.2) is 8.42 Å². The molecule has 124 valence electrons. The Morgan fingerprint density at radius 2 is 1.65 bits per heavy atom. The van der Waals surface area contributed by atoms with Gasteiger partial charge < -0.3 is 0 Å². The summed E-state index contributed by atoms with van der Waals surface area (Å²) in [5.74, 6) is 0. The van der Waals surface area contributed by atoms with E-state index < -0.39 is 10.0 Å². The highest BCUT2D eigenvalue weighted by atomic mass is 32.2. The van der Waals surface area contributed by atoms with Crippen molar-refractivity contribution in [3.8, 4) is 0 Å². The van der Waals surface area contributed by atoms with Crippen molar-refractivity contribution in [1.82, 2.24) is 9.21 Å². The summed E-state index contributed by atoms with van der Waals surface area (Å²) in [4.78, 5) is 2.76. The van der Waals surface area contributed by atoms with E-state index in [1.807, 2.05) is 30.3 Å². The lowest BCUT2D eigenvalue weighted by Crippen LogP contribution is -2.51. The van der Waals surface area contributed by atoms with E-state index in [1.54, 1.807) is 16.4 Å². The van der Waals surface area contributed by atoms with E-state index in [0.29, 0.717) is 24.0 Å². The molecule has 1 fully saturated rings. The SMILES string of the molecule is CC[C@@H](C)N1CCN(S(=O)(=O)c2ccc3ccccc3c2)CC1. The molecule has 1 saturated heterocycles. The molecular weight excluding hydrogens is 308 g/mol. The molecule has 0 radical (unpaired) electrons. The Kier molecular flexibility index (Phi) is 4.71. The molecule has 0 aromatic heterocycles. The second-order valence-electron chi connectivity index (χ2n) is 6.21. The fourth-order valence-corrected chi connectivity index (χ4v) is 4.58. The lowest BCUT2D eigenvalue weighted by Gasteiger charge is -2.37. The van der Waals surface area contributed by atoms with Crippen molar-refractivity contribution in [1.29, 1.82) is 0 Å². The molecule has 0 unspecified atom stereocenters. The fraction of sp³-hybridized carbons (Fsp3) is 0.444. The standard InChI is InChI=1S/C18H24N2O2S/c1-3-15(2)19-10-12-20(13-11-19)23(21,22)18-9-8-16-6-4-5-7-17(16)14-18/h4-9,14-15H,3,10-13H2,1-2H3/t15-/m1/s1. The van der Waals surface area contributed by atoms with Crippen LogP contribution in [0.3, 0.4) is 0 Å². The normalized spacial score (nSPS) is 19.0. The number of piperazine rings is 1. The van der Waals surface area contributed by atoms with Gasteiger partial charge in [-0.15, -0.1) is 0 Å². The number of sulfonamides is 1. The van der Waals surface area contributed by atoms with E-state index in [-0.39, 0.29) is 0 Å². The molecule has 1 heterocycles. The number of hydrogen-bond acceptors (Lipinski definition) is 3. The van der Waals surface area contributed by atoms with Crippen LogP contribution >= 0.6 is 0 Å². The lowest BCUT2D eigenvalue weighted by atomic mass is 10.1. The van der Waals surface area contributed by atoms with Crippen LogP contribution in [0.5, 0.6) is 0 Å². The summed E-state index contributed by atoms with van der Waals surface area (Å²) in [6, 6.07) is 13.8. The minimum atomic E-state index is -3.40. The average Bonchev–Trinajstić information content (AvgIpc) is 2.60. The van der Waals surface area contributed by atoms with E-state index in [0.717, 1.165) is 30.3 Å². The van der Waals surface area contributed by atoms with Gasteiger partial charge >= 0.3 is 0 Å². The van der Waals surface area contributed by atoms with Gasteiger partial charge in [-0.2, -0.15) is 4.31 Å². The Morgan fingerprint density at radius 1 is 1.00 bits per heavy atom. The predicted octanol–water partition coefficient (Wildman–Crippen LogP) is 2.94. The van der Waals surface area contributed by atoms with Crippen LogP contribution in [-0.4, -0.2) is 49.8 Å². The molecule has 2 aromatic rings. The Morgan fingerprint density at radius 3 is 2.30 bits per heavy atom. The summed E-state index contributed by atoms with van der Waals surface area (Å²) in [5, 5.41) is 2.03. The Balaban J connectivity index is 1.81. The van der Waals surface area contributed by atoms with Crippen molar-refractivity contribution < 1.29 is 8.42 Å². The molecule has 0 bridgehead atoms. The molecule has 1 aliphatic rings. The molecular formula is C18H24N2O2S. The minimum Gasteiger partial charge on any atom is -0.298 e. The smallest absolute Gasteiger partial charge is 0.243 e. The van der Waals surface area contributed by atoms with Crippen molar-refractivity contribution >= 4 is 20.8 Å². The summed E-state index contributed by atoms with van der Waals surface area (Å²) in [6.45, 7) is 7.12. The van der Waals surface area contributed by atoms with Crippen molar-refractivity contribution in [2.45, 2.75) is 31.2 Å². The zero-order chi connectivity index (χ0) is 16.4. The Labute approximate surface area is 138 Å². The third kappa shape index (κ3) is 3.27. The molecule has 23 heavy (non-hydrogen) atoms. The Bertz CT molecular complexity index is 780. The average molecular weight is 332 g/mol. The topological polar surface area (TPSA) is 40.6 Å². The molecule has 1 aliphatic heterocycles. The monoisotopic (exact) mass is 332 g/mol. The van der Waals surface area contributed by atoms with Crippen LogP contribution < -0.4 is 0 Å². The van der Waals surface area contributed by atoms with E-state index in [1.165, 1.54) is 0 Å². The summed E-state index contributed by atoms with van der Waals surface area (Å²) in [6.07, 6.45) is 1.09. The van der Waals surface area contributed by atoms with Crippen LogP contribution in [-0.2, 0) is 10.0 Å². The number of fused-ring (bicyclic) bond motifs is 1. The van der Waals surface area contributed by atoms with Gasteiger partial charge in [0.1, 0.15) is 0 Å². The minimum absolute atomic E-state index is 0.396. The summed E-state index contributed by atoms with van der Waals surface area (Å²) < 4.78 is 27.4. The highest BCUT2D eigenvalue weighted by Gasteiger charge is 2.29. The van der Waals surface area contributed by atoms with Gasteiger partial charge in [0.2, 0.25) is 10.0 Å². The van der Waals surface area contributed by atoms with Crippen molar-refractivity contribution in [3.63, 3.8) is 0 Å². The van der Waals surface area contributed by atoms with Crippen LogP contribution in [0.4, 0.5) is 0 Å². The highest BCUT2D eigenvalue weighted by molar-refractivity contribution is 7.89. The molecule has 0 spiro atoms. The van der Waals surface area contributed by atoms with Crippen molar-refractivity contribution in [2.75, 3.05) is 26.2 Å². The largest absolute Gasteiger partial charge is 0.298 e. The highest BCUT2D eigenvalue weighted by Crippen LogP contribution is 2.23. The molecule has 1 atom stereocenters. The first-order chi connectivity index (χ1) is 11.0. The van der Waals surface area contributed by atoms with Crippen LogP contribution in [0, 0.1) is 0 Å². The lowest BCUT2D eigenvalue weighted by molar-refractivity contribution is 0.142. The van der Waals surface area contributed by atoms with E-state index >= 15 is 0 Å². The summed E-state index contributed by atoms with van der Waals surface area (Å²) >= 11 is 0. The van der Waals surface area contributed by atoms with Crippen LogP contribution in [0.15, 0.2) is 47.4 Å². The van der Waals surface area contributed by atoms with Gasteiger partial charge in [0.25, 0.3) is 0 Å². The number of rotatable bonds is 4. The molecule has 0 N–H and O–H groups in total. The molecule has 4 nitrogen and oxygen atoms in total. The molecule has 0 saturated carbocycles. The summed E-state index contributed by atoms with van der Waals surface area (Å²) in [5.41, 5.74) is 0. The third-order valence-electron chi connectivity index (χ3n) is 4.85. The predicted molar refractivity (Wildman–Crippen MR) is 94.0 cm³/mol. The number of hydrogen-bond donors (Lipinski definition) is 0. The fourth-order valence-electron chi connectivity index (χ4n) is 3.12. The maximum atomic E-state index is 12.9. The summed E-state index contributed by atoms with van der Waals surface area (Å²) in [7, 11) is -3.40. The van der Waals surface area contributed by atoms with Crippen molar-refractivity contribution in [3.05, 3.63) is 42.5 Å². The van der Waals surface area contributed by atoms with Crippen LogP contribution in [0.25, 0.3) is 10.8 Å². The van der Waals surface area contributed by atoms with E-state index in [2.05, 4.69) is 18.7 Å². The first kappa shape index (κ1) is 16.4. The molecule has 0 amide bonds. The maximum absolute atomic E-state index is 12.9. The van der Waals surface area contributed by atoms with E-state index in [4.69, 9.17) is 0 Å². The number of benzene rings is 2. The zero-order valence-electron chi connectivity index (χ0n) is 13.8. The van der Waals surface area contributed by atoms with Gasteiger partial charge in [0.15, 0.2) is 0 Å². The van der Waals surface area contributed by atoms with Crippen molar-refractivity contribution in [2.24, 2.45) is 0 Å². The van der Waals surface area contributed by atoms with Gasteiger partial charge in [-0.05, 0) is 36.2 Å². The second kappa shape index (κ2) is 6.59. The zero-order valence-corrected chi connectivity index (χ0v) is 14.6. The van der Waals surface area contributed by atoms with E-state index in [9.17, 15) is 8.42 Å². The van der Waals surface area contributed by atoms with Gasteiger partial charge in [0.05, 0.1) is 4.90 Å². The van der Waals surface area contributed by atoms with Crippen LogP contribution in [0.2, 0.25) is 0 Å². The van der Waals surface area contributed by atoms with Gasteiger partial charge in [0, 0.05) is 32.2 Å².